The van der Waals surface area contributed by atoms with Gasteiger partial charge in [-0.3, -0.25) is 4.99 Å². The highest BCUT2D eigenvalue weighted by Gasteiger charge is 2.49. The standard InChI is InChI=1S/C19H22ClN5/c1-21-18-19(5-3-6-19)13-8-14(20)17(9-16(13)23-18)25-11-12-10-22-7-2-4-15(12)24-25/h8-9,11,22H,2-7,10H2,1H3,(H,21,23). The summed E-state index contributed by atoms with van der Waals surface area (Å²) in [6, 6.07) is 4.26. The van der Waals surface area contributed by atoms with Crippen LogP contribution in [0.3, 0.4) is 0 Å². The Morgan fingerprint density at radius 3 is 2.92 bits per heavy atom. The first-order chi connectivity index (χ1) is 12.2. The Labute approximate surface area is 152 Å². The van der Waals surface area contributed by atoms with Crippen molar-refractivity contribution in [2.45, 2.75) is 44.1 Å². The number of benzene rings is 1. The van der Waals surface area contributed by atoms with E-state index in [1.54, 1.807) is 0 Å². The first-order valence-electron chi connectivity index (χ1n) is 9.08. The van der Waals surface area contributed by atoms with Gasteiger partial charge in [-0.05, 0) is 49.9 Å². The number of nitrogens with one attached hydrogen (secondary N) is 2. The van der Waals surface area contributed by atoms with Gasteiger partial charge in [0.05, 0.1) is 21.8 Å². The molecule has 1 aliphatic carbocycles. The van der Waals surface area contributed by atoms with Crippen LogP contribution in [0.25, 0.3) is 5.69 Å². The van der Waals surface area contributed by atoms with Crippen molar-refractivity contribution in [3.63, 3.8) is 0 Å². The number of hydrogen-bond acceptors (Lipinski definition) is 3. The molecule has 5 rings (SSSR count). The molecular weight excluding hydrogens is 334 g/mol. The quantitative estimate of drug-likeness (QED) is 0.824. The predicted octanol–water partition coefficient (Wildman–Crippen LogP) is 3.44. The molecule has 5 nitrogen and oxygen atoms in total. The van der Waals surface area contributed by atoms with Crippen LogP contribution in [0.2, 0.25) is 5.02 Å². The zero-order valence-corrected chi connectivity index (χ0v) is 15.2. The lowest BCUT2D eigenvalue weighted by Gasteiger charge is -2.38. The summed E-state index contributed by atoms with van der Waals surface area (Å²) in [5.41, 5.74) is 5.88. The van der Waals surface area contributed by atoms with E-state index in [9.17, 15) is 0 Å². The fourth-order valence-corrected chi connectivity index (χ4v) is 4.70. The highest BCUT2D eigenvalue weighted by Crippen LogP contribution is 2.52. The minimum atomic E-state index is 0.0669. The number of rotatable bonds is 1. The minimum absolute atomic E-state index is 0.0669. The molecule has 0 radical (unpaired) electrons. The maximum absolute atomic E-state index is 6.69. The second-order valence-electron chi connectivity index (χ2n) is 7.31. The number of amidine groups is 1. The average Bonchev–Trinajstić information content (AvgIpc) is 3.04. The molecule has 0 saturated heterocycles. The van der Waals surface area contributed by atoms with Crippen LogP contribution in [0.4, 0.5) is 5.69 Å². The normalized spacial score (nSPS) is 22.2. The number of hydrogen-bond donors (Lipinski definition) is 2. The number of aliphatic imine (C=N–C) groups is 1. The number of nitrogens with zero attached hydrogens (tertiary/aromatic N) is 3. The maximum atomic E-state index is 6.69. The molecule has 6 heteroatoms. The van der Waals surface area contributed by atoms with Crippen LogP contribution in [0.1, 0.15) is 42.5 Å². The van der Waals surface area contributed by atoms with Gasteiger partial charge in [0.25, 0.3) is 0 Å². The van der Waals surface area contributed by atoms with Crippen LogP contribution >= 0.6 is 11.6 Å². The van der Waals surface area contributed by atoms with Gasteiger partial charge in [-0.25, -0.2) is 4.68 Å². The average molecular weight is 356 g/mol. The van der Waals surface area contributed by atoms with Crippen molar-refractivity contribution >= 4 is 23.1 Å². The Morgan fingerprint density at radius 2 is 2.16 bits per heavy atom. The highest BCUT2D eigenvalue weighted by molar-refractivity contribution is 6.33. The fourth-order valence-electron chi connectivity index (χ4n) is 4.45. The van der Waals surface area contributed by atoms with E-state index in [1.807, 2.05) is 11.7 Å². The largest absolute Gasteiger partial charge is 0.343 e. The molecule has 0 unspecified atom stereocenters. The van der Waals surface area contributed by atoms with E-state index in [1.165, 1.54) is 23.2 Å². The number of fused-ring (bicyclic) bond motifs is 3. The Hall–Kier alpha value is -1.85. The zero-order valence-electron chi connectivity index (χ0n) is 14.4. The second kappa shape index (κ2) is 5.58. The molecule has 3 heterocycles. The van der Waals surface area contributed by atoms with Crippen LogP contribution in [-0.4, -0.2) is 29.2 Å². The number of halogens is 1. The highest BCUT2D eigenvalue weighted by atomic mass is 35.5. The molecule has 1 aromatic carbocycles. The Balaban J connectivity index is 1.59. The van der Waals surface area contributed by atoms with Crippen LogP contribution in [0, 0.1) is 0 Å². The lowest BCUT2D eigenvalue weighted by Crippen LogP contribution is -2.41. The SMILES string of the molecule is CN=C1Nc2cc(-n3cc4c(n3)CCCNC4)c(Cl)cc2C12CCC2. The number of anilines is 1. The molecule has 130 valence electrons. The fraction of sp³-hybridized carbons (Fsp3) is 0.474. The van der Waals surface area contributed by atoms with Crippen LogP contribution < -0.4 is 10.6 Å². The second-order valence-corrected chi connectivity index (χ2v) is 7.72. The summed E-state index contributed by atoms with van der Waals surface area (Å²) in [6.45, 7) is 1.94. The van der Waals surface area contributed by atoms with E-state index in [0.717, 1.165) is 61.0 Å². The molecule has 1 spiro atoms. The number of aromatic nitrogens is 2. The molecule has 0 atom stereocenters. The van der Waals surface area contributed by atoms with Crippen LogP contribution in [-0.2, 0) is 18.4 Å². The Bertz CT molecular complexity index is 855. The summed E-state index contributed by atoms with van der Waals surface area (Å²) in [5.74, 6) is 1.09. The Kier molecular flexibility index (Phi) is 3.44. The van der Waals surface area contributed by atoms with Gasteiger partial charge in [-0.15, -0.1) is 0 Å². The van der Waals surface area contributed by atoms with Crippen molar-refractivity contribution in [2.75, 3.05) is 18.9 Å². The van der Waals surface area contributed by atoms with Crippen LogP contribution in [0.15, 0.2) is 23.3 Å². The molecule has 1 saturated carbocycles. The lowest BCUT2D eigenvalue weighted by molar-refractivity contribution is 0.347. The summed E-state index contributed by atoms with van der Waals surface area (Å²) in [6.07, 6.45) is 7.81. The smallest absolute Gasteiger partial charge is 0.111 e. The zero-order chi connectivity index (χ0) is 17.0. The maximum Gasteiger partial charge on any atom is 0.111 e. The van der Waals surface area contributed by atoms with E-state index in [0.29, 0.717) is 0 Å². The lowest BCUT2D eigenvalue weighted by atomic mass is 9.65. The molecule has 2 aromatic rings. The van der Waals surface area contributed by atoms with Crippen LogP contribution in [0.5, 0.6) is 0 Å². The molecule has 25 heavy (non-hydrogen) atoms. The van der Waals surface area contributed by atoms with Gasteiger partial charge in [-0.2, -0.15) is 5.10 Å². The van der Waals surface area contributed by atoms with Crippen molar-refractivity contribution < 1.29 is 0 Å². The van der Waals surface area contributed by atoms with Crippen molar-refractivity contribution in [1.29, 1.82) is 0 Å². The third-order valence-electron chi connectivity index (χ3n) is 5.95. The van der Waals surface area contributed by atoms with Gasteiger partial charge >= 0.3 is 0 Å². The molecule has 2 N–H and O–H groups in total. The first-order valence-corrected chi connectivity index (χ1v) is 9.46. The molecule has 3 aliphatic rings. The summed E-state index contributed by atoms with van der Waals surface area (Å²) in [4.78, 5) is 4.50. The topological polar surface area (TPSA) is 54.2 Å². The molecule has 1 fully saturated rings. The third kappa shape index (κ3) is 2.19. The van der Waals surface area contributed by atoms with Crippen molar-refractivity contribution in [3.8, 4) is 5.69 Å². The van der Waals surface area contributed by atoms with Crippen molar-refractivity contribution in [2.24, 2.45) is 4.99 Å². The monoisotopic (exact) mass is 355 g/mol. The summed E-state index contributed by atoms with van der Waals surface area (Å²) in [5, 5.41) is 12.5. The summed E-state index contributed by atoms with van der Waals surface area (Å²) >= 11 is 6.69. The van der Waals surface area contributed by atoms with E-state index in [-0.39, 0.29) is 5.41 Å². The van der Waals surface area contributed by atoms with E-state index >= 15 is 0 Å². The minimum Gasteiger partial charge on any atom is -0.343 e. The Morgan fingerprint density at radius 1 is 1.28 bits per heavy atom. The molecular formula is C19H22ClN5. The first kappa shape index (κ1) is 15.4. The van der Waals surface area contributed by atoms with Gasteiger partial charge in [0.15, 0.2) is 0 Å². The van der Waals surface area contributed by atoms with Gasteiger partial charge in [-0.1, -0.05) is 18.0 Å². The van der Waals surface area contributed by atoms with E-state index in [4.69, 9.17) is 16.7 Å². The van der Waals surface area contributed by atoms with Crippen molar-refractivity contribution in [3.05, 3.63) is 40.2 Å². The van der Waals surface area contributed by atoms with Gasteiger partial charge in [0, 0.05) is 31.0 Å². The predicted molar refractivity (Wildman–Crippen MR) is 101 cm³/mol. The van der Waals surface area contributed by atoms with Crippen molar-refractivity contribution in [1.82, 2.24) is 15.1 Å². The third-order valence-corrected chi connectivity index (χ3v) is 6.25. The molecule has 1 aromatic heterocycles. The van der Waals surface area contributed by atoms with Gasteiger partial charge < -0.3 is 10.6 Å². The molecule has 2 aliphatic heterocycles. The molecule has 0 bridgehead atoms. The number of aryl methyl sites for hydroxylation is 1. The van der Waals surface area contributed by atoms with E-state index < -0.39 is 0 Å². The summed E-state index contributed by atoms with van der Waals surface area (Å²) in [7, 11) is 1.87. The summed E-state index contributed by atoms with van der Waals surface area (Å²) < 4.78 is 1.94. The van der Waals surface area contributed by atoms with E-state index in [2.05, 4.69) is 34.0 Å². The van der Waals surface area contributed by atoms with Gasteiger partial charge in [0.1, 0.15) is 5.84 Å². The molecule has 0 amide bonds. The van der Waals surface area contributed by atoms with Gasteiger partial charge in [0.2, 0.25) is 0 Å².